The number of nitrogens with zero attached hydrogens (tertiary/aromatic N) is 4. The minimum atomic E-state index is -0.457. The summed E-state index contributed by atoms with van der Waals surface area (Å²) in [5.74, 6) is 0.654. The van der Waals surface area contributed by atoms with Crippen molar-refractivity contribution >= 4 is 39.0 Å². The Bertz CT molecular complexity index is 1040. The Morgan fingerprint density at radius 2 is 2.22 bits per heavy atom. The first kappa shape index (κ1) is 17.3. The third kappa shape index (κ3) is 3.21. The molecule has 3 heterocycles. The van der Waals surface area contributed by atoms with Gasteiger partial charge in [-0.2, -0.15) is 0 Å². The van der Waals surface area contributed by atoms with E-state index in [2.05, 4.69) is 9.97 Å². The van der Waals surface area contributed by atoms with E-state index < -0.39 is 11.0 Å². The highest BCUT2D eigenvalue weighted by atomic mass is 32.1. The van der Waals surface area contributed by atoms with Gasteiger partial charge < -0.3 is 9.64 Å². The topological polar surface area (TPSA) is 98.5 Å². The van der Waals surface area contributed by atoms with Crippen LogP contribution in [0.5, 0.6) is 5.75 Å². The van der Waals surface area contributed by atoms with Crippen molar-refractivity contribution in [3.05, 3.63) is 51.7 Å². The van der Waals surface area contributed by atoms with E-state index in [9.17, 15) is 14.9 Å². The van der Waals surface area contributed by atoms with Gasteiger partial charge in [-0.05, 0) is 43.3 Å². The first-order valence-corrected chi connectivity index (χ1v) is 9.34. The number of carbonyl (C=O) groups excluding carboxylic acids is 1. The van der Waals surface area contributed by atoms with Crippen molar-refractivity contribution < 1.29 is 14.5 Å². The number of anilines is 1. The number of nitro groups is 1. The van der Waals surface area contributed by atoms with Crippen LogP contribution in [0.3, 0.4) is 0 Å². The highest BCUT2D eigenvalue weighted by Gasteiger charge is 2.34. The van der Waals surface area contributed by atoms with Crippen LogP contribution >= 0.6 is 11.3 Å². The van der Waals surface area contributed by atoms with Crippen LogP contribution in [-0.4, -0.2) is 33.4 Å². The molecular formula is C18H16N4O4S. The smallest absolute Gasteiger partial charge is 0.334 e. The first-order chi connectivity index (χ1) is 13.0. The summed E-state index contributed by atoms with van der Waals surface area (Å²) in [4.78, 5) is 34.7. The molecule has 1 fully saturated rings. The van der Waals surface area contributed by atoms with Gasteiger partial charge in [0.25, 0.3) is 5.69 Å². The van der Waals surface area contributed by atoms with Gasteiger partial charge in [0.15, 0.2) is 0 Å². The van der Waals surface area contributed by atoms with E-state index in [0.29, 0.717) is 24.3 Å². The Kier molecular flexibility index (Phi) is 4.44. The molecule has 1 saturated heterocycles. The molecule has 0 bridgehead atoms. The molecule has 1 aliphatic rings. The largest absolute Gasteiger partial charge is 0.425 e. The van der Waals surface area contributed by atoms with Crippen molar-refractivity contribution in [1.29, 1.82) is 0 Å². The molecule has 138 valence electrons. The molecule has 0 aliphatic carbocycles. The number of ether oxygens (including phenoxy) is 1. The van der Waals surface area contributed by atoms with E-state index in [4.69, 9.17) is 4.74 Å². The van der Waals surface area contributed by atoms with Gasteiger partial charge in [0, 0.05) is 18.2 Å². The number of esters is 1. The third-order valence-electron chi connectivity index (χ3n) is 4.62. The normalized spacial score (nSPS) is 16.6. The summed E-state index contributed by atoms with van der Waals surface area (Å²) < 4.78 is 5.52. The first-order valence-electron chi connectivity index (χ1n) is 8.46. The van der Waals surface area contributed by atoms with E-state index >= 15 is 0 Å². The number of thiophene rings is 1. The maximum absolute atomic E-state index is 12.8. The molecule has 0 N–H and O–H groups in total. The van der Waals surface area contributed by atoms with Crippen LogP contribution < -0.4 is 9.64 Å². The Hall–Kier alpha value is -3.07. The Labute approximate surface area is 158 Å². The molecule has 0 radical (unpaired) electrons. The minimum absolute atomic E-state index is 0.00173. The summed E-state index contributed by atoms with van der Waals surface area (Å²) in [5.41, 5.74) is 0.447. The van der Waals surface area contributed by atoms with Crippen LogP contribution in [0.2, 0.25) is 0 Å². The van der Waals surface area contributed by atoms with Crippen molar-refractivity contribution in [2.24, 2.45) is 0 Å². The second kappa shape index (κ2) is 6.92. The summed E-state index contributed by atoms with van der Waals surface area (Å²) in [6, 6.07) is 5.82. The summed E-state index contributed by atoms with van der Waals surface area (Å²) in [6.45, 7) is 2.33. The summed E-state index contributed by atoms with van der Waals surface area (Å²) in [6.07, 6.45) is 3.03. The monoisotopic (exact) mass is 384 g/mol. The molecule has 1 atom stereocenters. The maximum atomic E-state index is 12.8. The van der Waals surface area contributed by atoms with E-state index in [1.807, 2.05) is 16.3 Å². The van der Waals surface area contributed by atoms with E-state index in [1.54, 1.807) is 6.92 Å². The van der Waals surface area contributed by atoms with Crippen molar-refractivity contribution in [3.63, 3.8) is 0 Å². The maximum Gasteiger partial charge on any atom is 0.334 e. The molecule has 0 saturated carbocycles. The Balaban J connectivity index is 1.57. The lowest BCUT2D eigenvalue weighted by Gasteiger charge is -2.24. The summed E-state index contributed by atoms with van der Waals surface area (Å²) >= 11 is 1.53. The van der Waals surface area contributed by atoms with Crippen molar-refractivity contribution in [2.45, 2.75) is 25.8 Å². The van der Waals surface area contributed by atoms with Gasteiger partial charge in [0.2, 0.25) is 0 Å². The molecule has 0 spiro atoms. The number of aryl methyl sites for hydroxylation is 1. The number of nitro benzene ring substituents is 1. The van der Waals surface area contributed by atoms with Crippen molar-refractivity contribution in [3.8, 4) is 5.75 Å². The SMILES string of the molecule is Cc1cc(OC(=O)C2CCCN2c2ncnc3sccc23)ccc1[N+](=O)[O-]. The molecule has 3 aromatic rings. The summed E-state index contributed by atoms with van der Waals surface area (Å²) in [5, 5.41) is 13.8. The molecule has 2 aromatic heterocycles. The highest BCUT2D eigenvalue weighted by molar-refractivity contribution is 7.16. The van der Waals surface area contributed by atoms with Crippen LogP contribution in [0.4, 0.5) is 11.5 Å². The zero-order valence-corrected chi connectivity index (χ0v) is 15.3. The fraction of sp³-hybridized carbons (Fsp3) is 0.278. The predicted octanol–water partition coefficient (Wildman–Crippen LogP) is 3.48. The van der Waals surface area contributed by atoms with Crippen LogP contribution in [0.15, 0.2) is 36.0 Å². The average molecular weight is 384 g/mol. The van der Waals surface area contributed by atoms with Crippen LogP contribution in [-0.2, 0) is 4.79 Å². The minimum Gasteiger partial charge on any atom is -0.425 e. The number of benzene rings is 1. The number of hydrogen-bond donors (Lipinski definition) is 0. The second-order valence-corrected chi connectivity index (χ2v) is 7.21. The molecule has 0 amide bonds. The standard InChI is InChI=1S/C18H16N4O4S/c1-11-9-12(4-5-14(11)22(24)25)26-18(23)15-3-2-7-21(15)16-13-6-8-27-17(13)20-10-19-16/h4-6,8-10,15H,2-3,7H2,1H3. The van der Waals surface area contributed by atoms with Crippen LogP contribution in [0.1, 0.15) is 18.4 Å². The third-order valence-corrected chi connectivity index (χ3v) is 5.44. The number of hydrogen-bond acceptors (Lipinski definition) is 8. The van der Waals surface area contributed by atoms with Gasteiger partial charge in [0.05, 0.1) is 10.3 Å². The number of aromatic nitrogens is 2. The second-order valence-electron chi connectivity index (χ2n) is 6.31. The molecule has 8 nitrogen and oxygen atoms in total. The van der Waals surface area contributed by atoms with E-state index in [0.717, 1.165) is 22.5 Å². The van der Waals surface area contributed by atoms with Crippen molar-refractivity contribution in [1.82, 2.24) is 9.97 Å². The lowest BCUT2D eigenvalue weighted by Crippen LogP contribution is -2.39. The lowest BCUT2D eigenvalue weighted by atomic mass is 10.2. The number of carbonyl (C=O) groups is 1. The quantitative estimate of drug-likeness (QED) is 0.294. The Morgan fingerprint density at radius 3 is 3.00 bits per heavy atom. The van der Waals surface area contributed by atoms with E-state index in [-0.39, 0.29) is 11.7 Å². The summed E-state index contributed by atoms with van der Waals surface area (Å²) in [7, 11) is 0. The predicted molar refractivity (Wildman–Crippen MR) is 101 cm³/mol. The highest BCUT2D eigenvalue weighted by Crippen LogP contribution is 2.32. The number of rotatable bonds is 4. The molecule has 4 rings (SSSR count). The number of fused-ring (bicyclic) bond motifs is 1. The zero-order valence-electron chi connectivity index (χ0n) is 14.5. The molecule has 1 aliphatic heterocycles. The Morgan fingerprint density at radius 1 is 1.37 bits per heavy atom. The van der Waals surface area contributed by atoms with Crippen LogP contribution in [0.25, 0.3) is 10.2 Å². The lowest BCUT2D eigenvalue weighted by molar-refractivity contribution is -0.385. The zero-order chi connectivity index (χ0) is 19.0. The molecule has 9 heteroatoms. The van der Waals surface area contributed by atoms with Gasteiger partial charge in [-0.15, -0.1) is 11.3 Å². The average Bonchev–Trinajstić information content (AvgIpc) is 3.30. The molecule has 1 aromatic carbocycles. The van der Waals surface area contributed by atoms with Gasteiger partial charge in [0.1, 0.15) is 28.8 Å². The van der Waals surface area contributed by atoms with E-state index in [1.165, 1.54) is 35.9 Å². The van der Waals surface area contributed by atoms with Gasteiger partial charge in [-0.1, -0.05) is 0 Å². The molecule has 1 unspecified atom stereocenters. The molecular weight excluding hydrogens is 368 g/mol. The fourth-order valence-electron chi connectivity index (χ4n) is 3.35. The van der Waals surface area contributed by atoms with Crippen LogP contribution in [0, 0.1) is 17.0 Å². The van der Waals surface area contributed by atoms with Gasteiger partial charge in [-0.3, -0.25) is 10.1 Å². The van der Waals surface area contributed by atoms with Crippen molar-refractivity contribution in [2.75, 3.05) is 11.4 Å². The van der Waals surface area contributed by atoms with Gasteiger partial charge in [-0.25, -0.2) is 14.8 Å². The fourth-order valence-corrected chi connectivity index (χ4v) is 4.08. The molecule has 27 heavy (non-hydrogen) atoms. The van der Waals surface area contributed by atoms with Gasteiger partial charge >= 0.3 is 5.97 Å².